The molecule has 0 saturated carbocycles. The van der Waals surface area contributed by atoms with Crippen LogP contribution < -0.4 is 9.64 Å². The number of anilines is 1. The summed E-state index contributed by atoms with van der Waals surface area (Å²) in [4.78, 5) is 21.8. The fraction of sp³-hybridized carbons (Fsp3) is 0.333. The standard InChI is InChI=1S/C21H24BrN3O2S.ClH/c1-4-27-17-10-11-18-19(14-17)28-21(23-18)25(13-5-12-24(2)3)20(26)15-6-8-16(22)9-7-15;/h6-11,14H,4-5,12-13H2,1-3H3;1H. The first-order valence-corrected chi connectivity index (χ1v) is 10.8. The minimum absolute atomic E-state index is 0. The molecule has 0 aliphatic carbocycles. The average Bonchev–Trinajstić information content (AvgIpc) is 3.08. The van der Waals surface area contributed by atoms with E-state index < -0.39 is 0 Å². The van der Waals surface area contributed by atoms with E-state index in [1.165, 1.54) is 11.3 Å². The number of hydrogen-bond donors (Lipinski definition) is 0. The van der Waals surface area contributed by atoms with E-state index in [1.807, 2.05) is 63.5 Å². The van der Waals surface area contributed by atoms with Gasteiger partial charge in [-0.3, -0.25) is 9.69 Å². The molecule has 0 saturated heterocycles. The highest BCUT2D eigenvalue weighted by atomic mass is 79.9. The van der Waals surface area contributed by atoms with Crippen molar-refractivity contribution in [3.8, 4) is 5.75 Å². The number of nitrogens with zero attached hydrogens (tertiary/aromatic N) is 3. The van der Waals surface area contributed by atoms with Gasteiger partial charge in [0.15, 0.2) is 5.13 Å². The van der Waals surface area contributed by atoms with Gasteiger partial charge in [-0.1, -0.05) is 27.3 Å². The van der Waals surface area contributed by atoms with Gasteiger partial charge in [0.05, 0.1) is 16.8 Å². The predicted octanol–water partition coefficient (Wildman–Crippen LogP) is 5.48. The molecule has 0 fully saturated rings. The SMILES string of the molecule is CCOc1ccc2nc(N(CCCN(C)C)C(=O)c3ccc(Br)cc3)sc2c1.Cl. The number of carbonyl (C=O) groups is 1. The number of benzene rings is 2. The molecule has 1 heterocycles. The molecule has 156 valence electrons. The van der Waals surface area contributed by atoms with Gasteiger partial charge in [0.2, 0.25) is 0 Å². The van der Waals surface area contributed by atoms with E-state index >= 15 is 0 Å². The third kappa shape index (κ3) is 6.15. The fourth-order valence-corrected chi connectivity index (χ4v) is 4.12. The number of halogens is 2. The monoisotopic (exact) mass is 497 g/mol. The molecule has 0 N–H and O–H groups in total. The molecule has 0 radical (unpaired) electrons. The van der Waals surface area contributed by atoms with Crippen molar-refractivity contribution < 1.29 is 9.53 Å². The topological polar surface area (TPSA) is 45.7 Å². The molecule has 0 bridgehead atoms. The van der Waals surface area contributed by atoms with Crippen LogP contribution in [0.25, 0.3) is 10.2 Å². The summed E-state index contributed by atoms with van der Waals surface area (Å²) < 4.78 is 7.56. The van der Waals surface area contributed by atoms with Crippen molar-refractivity contribution in [2.24, 2.45) is 0 Å². The highest BCUT2D eigenvalue weighted by Crippen LogP contribution is 2.32. The number of rotatable bonds is 8. The van der Waals surface area contributed by atoms with Crippen LogP contribution in [0.2, 0.25) is 0 Å². The van der Waals surface area contributed by atoms with Crippen molar-refractivity contribution in [1.29, 1.82) is 0 Å². The Bertz CT molecular complexity index is 947. The third-order valence-electron chi connectivity index (χ3n) is 4.21. The summed E-state index contributed by atoms with van der Waals surface area (Å²) >= 11 is 4.95. The van der Waals surface area contributed by atoms with Crippen molar-refractivity contribution >= 4 is 60.9 Å². The van der Waals surface area contributed by atoms with Gasteiger partial charge in [-0.05, 0) is 76.4 Å². The van der Waals surface area contributed by atoms with Crippen molar-refractivity contribution in [2.45, 2.75) is 13.3 Å². The van der Waals surface area contributed by atoms with Gasteiger partial charge >= 0.3 is 0 Å². The maximum atomic E-state index is 13.2. The Labute approximate surface area is 190 Å². The highest BCUT2D eigenvalue weighted by molar-refractivity contribution is 9.10. The van der Waals surface area contributed by atoms with Crippen LogP contribution in [0.3, 0.4) is 0 Å². The van der Waals surface area contributed by atoms with Crippen molar-refractivity contribution in [2.75, 3.05) is 38.7 Å². The van der Waals surface area contributed by atoms with Gasteiger partial charge in [0.1, 0.15) is 5.75 Å². The fourth-order valence-electron chi connectivity index (χ4n) is 2.84. The van der Waals surface area contributed by atoms with E-state index in [2.05, 4.69) is 20.8 Å². The quantitative estimate of drug-likeness (QED) is 0.413. The van der Waals surface area contributed by atoms with Crippen LogP contribution in [0, 0.1) is 0 Å². The second-order valence-corrected chi connectivity index (χ2v) is 8.60. The predicted molar refractivity (Wildman–Crippen MR) is 127 cm³/mol. The Balaban J connectivity index is 0.00000300. The molecule has 1 aromatic heterocycles. The zero-order chi connectivity index (χ0) is 20.1. The first-order valence-electron chi connectivity index (χ1n) is 9.23. The van der Waals surface area contributed by atoms with Crippen molar-refractivity contribution in [3.63, 3.8) is 0 Å². The smallest absolute Gasteiger partial charge is 0.260 e. The van der Waals surface area contributed by atoms with Gasteiger partial charge in [-0.15, -0.1) is 12.4 Å². The Morgan fingerprint density at radius 2 is 1.86 bits per heavy atom. The molecule has 2 aromatic carbocycles. The Kier molecular flexibility index (Phi) is 8.89. The third-order valence-corrected chi connectivity index (χ3v) is 5.78. The lowest BCUT2D eigenvalue weighted by atomic mass is 10.2. The van der Waals surface area contributed by atoms with E-state index in [9.17, 15) is 4.79 Å². The van der Waals surface area contributed by atoms with Crippen LogP contribution in [0.4, 0.5) is 5.13 Å². The molecule has 5 nitrogen and oxygen atoms in total. The van der Waals surface area contributed by atoms with Gasteiger partial charge in [-0.2, -0.15) is 0 Å². The second-order valence-electron chi connectivity index (χ2n) is 6.68. The molecule has 0 atom stereocenters. The largest absolute Gasteiger partial charge is 0.494 e. The summed E-state index contributed by atoms with van der Waals surface area (Å²) in [5.41, 5.74) is 1.53. The number of ether oxygens (including phenoxy) is 1. The Morgan fingerprint density at radius 3 is 2.52 bits per heavy atom. The van der Waals surface area contributed by atoms with E-state index in [1.54, 1.807) is 4.90 Å². The number of aromatic nitrogens is 1. The zero-order valence-electron chi connectivity index (χ0n) is 16.7. The molecule has 0 aliphatic rings. The minimum Gasteiger partial charge on any atom is -0.494 e. The number of thiazole rings is 1. The summed E-state index contributed by atoms with van der Waals surface area (Å²) in [6, 6.07) is 13.3. The second kappa shape index (κ2) is 10.9. The summed E-state index contributed by atoms with van der Waals surface area (Å²) in [7, 11) is 4.07. The molecule has 8 heteroatoms. The van der Waals surface area contributed by atoms with Gasteiger partial charge in [0.25, 0.3) is 5.91 Å². The number of fused-ring (bicyclic) bond motifs is 1. The van der Waals surface area contributed by atoms with Crippen LogP contribution in [0.1, 0.15) is 23.7 Å². The first kappa shape index (κ1) is 23.6. The molecule has 1 amide bonds. The lowest BCUT2D eigenvalue weighted by Crippen LogP contribution is -2.33. The molecule has 29 heavy (non-hydrogen) atoms. The lowest BCUT2D eigenvalue weighted by Gasteiger charge is -2.21. The van der Waals surface area contributed by atoms with E-state index in [0.717, 1.165) is 38.5 Å². The zero-order valence-corrected chi connectivity index (χ0v) is 19.9. The Morgan fingerprint density at radius 1 is 1.14 bits per heavy atom. The number of hydrogen-bond acceptors (Lipinski definition) is 5. The van der Waals surface area contributed by atoms with Crippen molar-refractivity contribution in [3.05, 3.63) is 52.5 Å². The normalized spacial score (nSPS) is 10.8. The maximum absolute atomic E-state index is 13.2. The van der Waals surface area contributed by atoms with E-state index in [4.69, 9.17) is 9.72 Å². The maximum Gasteiger partial charge on any atom is 0.260 e. The van der Waals surface area contributed by atoms with E-state index in [-0.39, 0.29) is 18.3 Å². The number of carbonyl (C=O) groups excluding carboxylic acids is 1. The number of amides is 1. The van der Waals surface area contributed by atoms with E-state index in [0.29, 0.717) is 18.7 Å². The lowest BCUT2D eigenvalue weighted by molar-refractivity contribution is 0.0986. The van der Waals surface area contributed by atoms with Crippen LogP contribution in [0.15, 0.2) is 46.9 Å². The van der Waals surface area contributed by atoms with Crippen LogP contribution in [-0.4, -0.2) is 49.6 Å². The van der Waals surface area contributed by atoms with Crippen LogP contribution in [0.5, 0.6) is 5.75 Å². The molecule has 0 aliphatic heterocycles. The molecule has 3 aromatic rings. The summed E-state index contributed by atoms with van der Waals surface area (Å²) in [6.45, 7) is 4.11. The van der Waals surface area contributed by atoms with Crippen LogP contribution in [-0.2, 0) is 0 Å². The van der Waals surface area contributed by atoms with Gasteiger partial charge in [0, 0.05) is 16.6 Å². The minimum atomic E-state index is -0.0321. The molecular weight excluding hydrogens is 474 g/mol. The van der Waals surface area contributed by atoms with Gasteiger partial charge < -0.3 is 9.64 Å². The molecular formula is C21H25BrClN3O2S. The molecule has 3 rings (SSSR count). The average molecular weight is 499 g/mol. The first-order chi connectivity index (χ1) is 13.5. The van der Waals surface area contributed by atoms with Gasteiger partial charge in [-0.25, -0.2) is 4.98 Å². The highest BCUT2D eigenvalue weighted by Gasteiger charge is 2.21. The molecule has 0 spiro atoms. The Hall–Kier alpha value is -1.67. The van der Waals surface area contributed by atoms with Crippen LogP contribution >= 0.6 is 39.7 Å². The summed E-state index contributed by atoms with van der Waals surface area (Å²) in [5.74, 6) is 0.791. The molecule has 0 unspecified atom stereocenters. The summed E-state index contributed by atoms with van der Waals surface area (Å²) in [6.07, 6.45) is 0.870. The van der Waals surface area contributed by atoms with Crippen molar-refractivity contribution in [1.82, 2.24) is 9.88 Å². The summed E-state index contributed by atoms with van der Waals surface area (Å²) in [5, 5.41) is 0.718.